The van der Waals surface area contributed by atoms with Crippen molar-refractivity contribution < 1.29 is 14.3 Å². The molecule has 1 aliphatic rings. The summed E-state index contributed by atoms with van der Waals surface area (Å²) in [5.41, 5.74) is 4.21. The lowest BCUT2D eigenvalue weighted by molar-refractivity contribution is 0.0360. The fourth-order valence-electron chi connectivity index (χ4n) is 4.09. The number of hydrogen-bond donors (Lipinski definition) is 0. The van der Waals surface area contributed by atoms with Gasteiger partial charge in [0.05, 0.1) is 5.56 Å². The zero-order valence-electron chi connectivity index (χ0n) is 16.6. The maximum Gasteiger partial charge on any atom is 0.339 e. The van der Waals surface area contributed by atoms with Gasteiger partial charge in [-0.25, -0.2) is 4.79 Å². The van der Waals surface area contributed by atoms with E-state index in [1.54, 1.807) is 6.07 Å². The van der Waals surface area contributed by atoms with Crippen LogP contribution in [0.5, 0.6) is 0 Å². The van der Waals surface area contributed by atoms with Crippen molar-refractivity contribution in [3.8, 4) is 0 Å². The lowest BCUT2D eigenvalue weighted by Gasteiger charge is -2.34. The van der Waals surface area contributed by atoms with E-state index in [1.165, 1.54) is 0 Å². The van der Waals surface area contributed by atoms with Gasteiger partial charge in [0.25, 0.3) is 0 Å². The summed E-state index contributed by atoms with van der Waals surface area (Å²) in [4.78, 5) is 25.8. The number of benzene rings is 2. The average Bonchev–Trinajstić information content (AvgIpc) is 3.03. The van der Waals surface area contributed by atoms with E-state index in [4.69, 9.17) is 16.3 Å². The average molecular weight is 400 g/mol. The van der Waals surface area contributed by atoms with Crippen LogP contribution in [-0.2, 0) is 4.74 Å². The number of anilines is 1. The molecule has 2 aromatic rings. The van der Waals surface area contributed by atoms with E-state index in [0.29, 0.717) is 16.1 Å². The third-order valence-corrected chi connectivity index (χ3v) is 5.83. The van der Waals surface area contributed by atoms with Crippen molar-refractivity contribution in [3.63, 3.8) is 0 Å². The Morgan fingerprint density at radius 2 is 2.00 bits per heavy atom. The van der Waals surface area contributed by atoms with Crippen molar-refractivity contribution in [1.82, 2.24) is 0 Å². The first kappa shape index (κ1) is 20.4. The van der Waals surface area contributed by atoms with Gasteiger partial charge in [0.2, 0.25) is 0 Å². The van der Waals surface area contributed by atoms with Crippen molar-refractivity contribution in [2.24, 2.45) is 0 Å². The van der Waals surface area contributed by atoms with Crippen molar-refractivity contribution in [2.45, 2.75) is 52.2 Å². The van der Waals surface area contributed by atoms with Gasteiger partial charge < -0.3 is 9.64 Å². The maximum atomic E-state index is 12.1. The first-order chi connectivity index (χ1) is 13.5. The number of hydrogen-bond acceptors (Lipinski definition) is 4. The normalized spacial score (nSPS) is 16.4. The van der Waals surface area contributed by atoms with E-state index in [-0.39, 0.29) is 18.1 Å². The van der Waals surface area contributed by atoms with Crippen molar-refractivity contribution >= 4 is 29.5 Å². The second-order valence-corrected chi connectivity index (χ2v) is 7.60. The zero-order chi connectivity index (χ0) is 20.3. The standard InChI is InChI=1S/C23H26ClNO3/c1-4-18(10-11-22-19-8-6-7-9-20(19)23(27)28-22)25(5-2)21-13-17(24)12-16(14-26)15(21)3/h6-9,12-14,18,22H,4-5,10-11H2,1-3H3. The molecule has 4 nitrogen and oxygen atoms in total. The summed E-state index contributed by atoms with van der Waals surface area (Å²) in [5.74, 6) is -0.234. The third kappa shape index (κ3) is 3.93. The molecule has 5 heteroatoms. The lowest BCUT2D eigenvalue weighted by atomic mass is 9.97. The zero-order valence-corrected chi connectivity index (χ0v) is 17.3. The molecular formula is C23H26ClNO3. The molecule has 0 fully saturated rings. The fraction of sp³-hybridized carbons (Fsp3) is 0.391. The largest absolute Gasteiger partial charge is 0.454 e. The van der Waals surface area contributed by atoms with Crippen molar-refractivity contribution in [2.75, 3.05) is 11.4 Å². The molecule has 2 aromatic carbocycles. The summed E-state index contributed by atoms with van der Waals surface area (Å²) in [5, 5.41) is 0.564. The molecule has 0 N–H and O–H groups in total. The number of rotatable bonds is 8. The highest BCUT2D eigenvalue weighted by atomic mass is 35.5. The summed E-state index contributed by atoms with van der Waals surface area (Å²) in [6, 6.07) is 11.5. The molecule has 0 aliphatic carbocycles. The van der Waals surface area contributed by atoms with Crippen molar-refractivity contribution in [3.05, 3.63) is 63.7 Å². The van der Waals surface area contributed by atoms with Crippen LogP contribution in [0.25, 0.3) is 0 Å². The van der Waals surface area contributed by atoms with Crippen LogP contribution in [0.3, 0.4) is 0 Å². The third-order valence-electron chi connectivity index (χ3n) is 5.61. The van der Waals surface area contributed by atoms with Crippen LogP contribution >= 0.6 is 11.6 Å². The van der Waals surface area contributed by atoms with Crippen LogP contribution in [-0.4, -0.2) is 24.8 Å². The second kappa shape index (κ2) is 8.78. The monoisotopic (exact) mass is 399 g/mol. The molecule has 2 atom stereocenters. The highest BCUT2D eigenvalue weighted by molar-refractivity contribution is 6.31. The Hall–Kier alpha value is -2.33. The predicted molar refractivity (Wildman–Crippen MR) is 113 cm³/mol. The van der Waals surface area contributed by atoms with Gasteiger partial charge in [-0.3, -0.25) is 4.79 Å². The van der Waals surface area contributed by atoms with E-state index in [9.17, 15) is 9.59 Å². The van der Waals surface area contributed by atoms with Gasteiger partial charge in [-0.1, -0.05) is 36.7 Å². The number of esters is 1. The molecule has 0 amide bonds. The molecule has 3 rings (SSSR count). The first-order valence-corrected chi connectivity index (χ1v) is 10.2. The molecule has 0 radical (unpaired) electrons. The van der Waals surface area contributed by atoms with E-state index < -0.39 is 0 Å². The fourth-order valence-corrected chi connectivity index (χ4v) is 4.31. The number of cyclic esters (lactones) is 1. The van der Waals surface area contributed by atoms with E-state index in [1.807, 2.05) is 37.3 Å². The molecule has 0 saturated carbocycles. The first-order valence-electron chi connectivity index (χ1n) is 9.82. The van der Waals surface area contributed by atoms with E-state index >= 15 is 0 Å². The van der Waals surface area contributed by atoms with Gasteiger partial charge in [-0.05, 0) is 56.9 Å². The summed E-state index contributed by atoms with van der Waals surface area (Å²) in [6.07, 6.45) is 3.24. The van der Waals surface area contributed by atoms with Gasteiger partial charge in [-0.2, -0.15) is 0 Å². The summed E-state index contributed by atoms with van der Waals surface area (Å²) in [7, 11) is 0. The molecule has 0 aromatic heterocycles. The van der Waals surface area contributed by atoms with E-state index in [2.05, 4.69) is 18.7 Å². The van der Waals surface area contributed by atoms with Crippen LogP contribution in [0.15, 0.2) is 36.4 Å². The Bertz CT molecular complexity index is 880. The van der Waals surface area contributed by atoms with Gasteiger partial charge in [0, 0.05) is 34.4 Å². The van der Waals surface area contributed by atoms with E-state index in [0.717, 1.165) is 48.9 Å². The van der Waals surface area contributed by atoms with Crippen LogP contribution in [0.2, 0.25) is 5.02 Å². The molecule has 1 heterocycles. The maximum absolute atomic E-state index is 12.1. The highest BCUT2D eigenvalue weighted by Crippen LogP contribution is 2.36. The Kier molecular flexibility index (Phi) is 6.40. The number of nitrogens with zero attached hydrogens (tertiary/aromatic N) is 1. The molecule has 148 valence electrons. The Labute approximate surface area is 171 Å². The molecule has 0 saturated heterocycles. The summed E-state index contributed by atoms with van der Waals surface area (Å²) < 4.78 is 5.60. The quantitative estimate of drug-likeness (QED) is 0.418. The molecule has 0 bridgehead atoms. The number of carbonyl (C=O) groups is 2. The molecule has 0 spiro atoms. The van der Waals surface area contributed by atoms with Crippen LogP contribution in [0.4, 0.5) is 5.69 Å². The minimum Gasteiger partial charge on any atom is -0.454 e. The second-order valence-electron chi connectivity index (χ2n) is 7.16. The Balaban J connectivity index is 1.80. The minimum atomic E-state index is -0.234. The molecule has 1 aliphatic heterocycles. The van der Waals surface area contributed by atoms with Crippen LogP contribution < -0.4 is 4.90 Å². The smallest absolute Gasteiger partial charge is 0.339 e. The van der Waals surface area contributed by atoms with Gasteiger partial charge >= 0.3 is 5.97 Å². The molecular weight excluding hydrogens is 374 g/mol. The Morgan fingerprint density at radius 1 is 1.25 bits per heavy atom. The number of aldehydes is 1. The minimum absolute atomic E-state index is 0.192. The van der Waals surface area contributed by atoms with Crippen LogP contribution in [0.1, 0.15) is 71.1 Å². The molecule has 2 unspecified atom stereocenters. The SMILES string of the molecule is CCC(CCC1OC(=O)c2ccccc21)N(CC)c1cc(Cl)cc(C=O)c1C. The Morgan fingerprint density at radius 3 is 2.68 bits per heavy atom. The predicted octanol–water partition coefficient (Wildman–Crippen LogP) is 5.76. The number of fused-ring (bicyclic) bond motifs is 1. The number of carbonyl (C=O) groups excluding carboxylic acids is 2. The highest BCUT2D eigenvalue weighted by Gasteiger charge is 2.31. The number of halogens is 1. The van der Waals surface area contributed by atoms with Crippen LogP contribution in [0, 0.1) is 6.92 Å². The lowest BCUT2D eigenvalue weighted by Crippen LogP contribution is -2.35. The van der Waals surface area contributed by atoms with Gasteiger partial charge in [-0.15, -0.1) is 0 Å². The topological polar surface area (TPSA) is 46.6 Å². The van der Waals surface area contributed by atoms with Gasteiger partial charge in [0.1, 0.15) is 12.4 Å². The van der Waals surface area contributed by atoms with Gasteiger partial charge in [0.15, 0.2) is 0 Å². The summed E-state index contributed by atoms with van der Waals surface area (Å²) >= 11 is 6.26. The van der Waals surface area contributed by atoms with Crippen molar-refractivity contribution in [1.29, 1.82) is 0 Å². The number of ether oxygens (including phenoxy) is 1. The molecule has 28 heavy (non-hydrogen) atoms. The summed E-state index contributed by atoms with van der Waals surface area (Å²) in [6.45, 7) is 7.02.